The number of hydrogen-bond acceptors (Lipinski definition) is 5. The number of methoxy groups -OCH3 is 1. The van der Waals surface area contributed by atoms with Crippen molar-refractivity contribution >= 4 is 11.6 Å². The molecule has 1 unspecified atom stereocenters. The number of fused-ring (bicyclic) bond motifs is 1. The molecule has 8 nitrogen and oxygen atoms in total. The van der Waals surface area contributed by atoms with Crippen molar-refractivity contribution in [1.82, 2.24) is 15.1 Å². The predicted octanol–water partition coefficient (Wildman–Crippen LogP) is 3.18. The van der Waals surface area contributed by atoms with Crippen LogP contribution in [0.4, 0.5) is 5.69 Å². The minimum absolute atomic E-state index is 0.00668. The van der Waals surface area contributed by atoms with Crippen molar-refractivity contribution in [1.29, 1.82) is 0 Å². The second-order valence-corrected chi connectivity index (χ2v) is 6.47. The summed E-state index contributed by atoms with van der Waals surface area (Å²) in [4.78, 5) is 25.3. The van der Waals surface area contributed by atoms with Crippen LogP contribution in [0.1, 0.15) is 27.7 Å². The van der Waals surface area contributed by atoms with E-state index in [1.54, 1.807) is 24.1 Å². The maximum atomic E-state index is 13.0. The molecule has 28 heavy (non-hydrogen) atoms. The van der Waals surface area contributed by atoms with Crippen molar-refractivity contribution in [3.8, 4) is 11.3 Å². The fourth-order valence-corrected chi connectivity index (χ4v) is 3.56. The van der Waals surface area contributed by atoms with E-state index in [4.69, 9.17) is 4.74 Å². The monoisotopic (exact) mass is 378 g/mol. The molecule has 0 bridgehead atoms. The van der Waals surface area contributed by atoms with E-state index in [0.29, 0.717) is 24.5 Å². The third kappa shape index (κ3) is 2.93. The molecule has 1 aromatic heterocycles. The number of non-ortho nitro benzene ring substituents is 1. The molecule has 0 saturated carbocycles. The molecule has 0 aliphatic carbocycles. The van der Waals surface area contributed by atoms with Crippen molar-refractivity contribution in [2.45, 2.75) is 6.04 Å². The summed E-state index contributed by atoms with van der Waals surface area (Å²) >= 11 is 0. The molecule has 1 N–H and O–H groups in total. The lowest BCUT2D eigenvalue weighted by Gasteiger charge is -2.26. The number of nitro groups is 1. The van der Waals surface area contributed by atoms with Gasteiger partial charge in [-0.3, -0.25) is 20.0 Å². The van der Waals surface area contributed by atoms with E-state index in [1.807, 2.05) is 30.3 Å². The number of benzene rings is 2. The van der Waals surface area contributed by atoms with Gasteiger partial charge in [-0.05, 0) is 17.7 Å². The van der Waals surface area contributed by atoms with Crippen LogP contribution in [-0.4, -0.2) is 46.2 Å². The maximum Gasteiger partial charge on any atom is 0.273 e. The molecule has 2 aromatic carbocycles. The number of amides is 1. The molecule has 1 atom stereocenters. The Balaban J connectivity index is 1.83. The number of aromatic nitrogens is 2. The number of carbonyl (C=O) groups is 1. The molecule has 0 saturated heterocycles. The summed E-state index contributed by atoms with van der Waals surface area (Å²) < 4.78 is 5.17. The van der Waals surface area contributed by atoms with Gasteiger partial charge < -0.3 is 9.64 Å². The van der Waals surface area contributed by atoms with E-state index >= 15 is 0 Å². The van der Waals surface area contributed by atoms with Crippen LogP contribution >= 0.6 is 0 Å². The Morgan fingerprint density at radius 1 is 1.18 bits per heavy atom. The quantitative estimate of drug-likeness (QED) is 0.524. The number of rotatable bonds is 6. The number of hydrogen-bond donors (Lipinski definition) is 1. The highest BCUT2D eigenvalue weighted by molar-refractivity contribution is 6.00. The Morgan fingerprint density at radius 3 is 2.54 bits per heavy atom. The molecule has 3 aromatic rings. The zero-order valence-electron chi connectivity index (χ0n) is 15.2. The van der Waals surface area contributed by atoms with Crippen LogP contribution in [0.3, 0.4) is 0 Å². The molecular weight excluding hydrogens is 360 g/mol. The topological polar surface area (TPSA) is 101 Å². The highest BCUT2D eigenvalue weighted by Gasteiger charge is 2.42. The standard InChI is InChI=1S/C20H18N4O4/c1-28-12-11-23-19(14-7-9-15(10-8-14)24(26)27)16-17(13-5-3-2-4-6-13)21-22-18(16)20(23)25/h2-10,19H,11-12H2,1H3,(H,21,22). The number of nitrogens with one attached hydrogen (secondary N) is 1. The number of H-pyrrole nitrogens is 1. The van der Waals surface area contributed by atoms with Crippen molar-refractivity contribution in [3.05, 3.63) is 81.5 Å². The predicted molar refractivity (Wildman–Crippen MR) is 102 cm³/mol. The van der Waals surface area contributed by atoms with Gasteiger partial charge in [-0.1, -0.05) is 30.3 Å². The lowest BCUT2D eigenvalue weighted by atomic mass is 9.96. The number of aromatic amines is 1. The minimum Gasteiger partial charge on any atom is -0.383 e. The van der Waals surface area contributed by atoms with Gasteiger partial charge in [-0.25, -0.2) is 0 Å². The largest absolute Gasteiger partial charge is 0.383 e. The van der Waals surface area contributed by atoms with Gasteiger partial charge in [0.25, 0.3) is 11.6 Å². The highest BCUT2D eigenvalue weighted by atomic mass is 16.6. The SMILES string of the molecule is COCCN1C(=O)c2[nH]nc(-c3ccccc3)c2C1c1ccc([N+](=O)[O-])cc1. The Morgan fingerprint density at radius 2 is 1.89 bits per heavy atom. The van der Waals surface area contributed by atoms with Crippen LogP contribution in [0.2, 0.25) is 0 Å². The summed E-state index contributed by atoms with van der Waals surface area (Å²) in [6.07, 6.45) is 0. The molecule has 0 spiro atoms. The molecule has 1 aliphatic heterocycles. The van der Waals surface area contributed by atoms with E-state index in [-0.39, 0.29) is 11.6 Å². The first-order chi connectivity index (χ1) is 13.6. The van der Waals surface area contributed by atoms with Crippen molar-refractivity contribution < 1.29 is 14.5 Å². The molecule has 8 heteroatoms. The zero-order chi connectivity index (χ0) is 19.7. The van der Waals surface area contributed by atoms with Crippen molar-refractivity contribution in [2.75, 3.05) is 20.3 Å². The van der Waals surface area contributed by atoms with Gasteiger partial charge in [0, 0.05) is 36.9 Å². The normalized spacial score (nSPS) is 15.7. The average molecular weight is 378 g/mol. The van der Waals surface area contributed by atoms with Crippen LogP contribution in [0, 0.1) is 10.1 Å². The number of nitro benzene ring substituents is 1. The van der Waals surface area contributed by atoms with Gasteiger partial charge >= 0.3 is 0 Å². The Bertz CT molecular complexity index is 1010. The third-order valence-electron chi connectivity index (χ3n) is 4.87. The van der Waals surface area contributed by atoms with Gasteiger partial charge in [0.2, 0.25) is 0 Å². The smallest absolute Gasteiger partial charge is 0.273 e. The van der Waals surface area contributed by atoms with Crippen LogP contribution in [0.5, 0.6) is 0 Å². The molecule has 0 radical (unpaired) electrons. The first kappa shape index (κ1) is 17.9. The Kier molecular flexibility index (Phi) is 4.62. The van der Waals surface area contributed by atoms with Crippen LogP contribution in [-0.2, 0) is 4.74 Å². The van der Waals surface area contributed by atoms with Crippen LogP contribution in [0.15, 0.2) is 54.6 Å². The molecule has 1 aliphatic rings. The van der Waals surface area contributed by atoms with Gasteiger partial charge in [0.05, 0.1) is 23.3 Å². The molecule has 1 amide bonds. The average Bonchev–Trinajstić information content (AvgIpc) is 3.26. The Labute approximate surface area is 160 Å². The number of carbonyl (C=O) groups excluding carboxylic acids is 1. The second-order valence-electron chi connectivity index (χ2n) is 6.47. The lowest BCUT2D eigenvalue weighted by Crippen LogP contribution is -2.32. The summed E-state index contributed by atoms with van der Waals surface area (Å²) in [5.41, 5.74) is 3.61. The van der Waals surface area contributed by atoms with E-state index < -0.39 is 11.0 Å². The fourth-order valence-electron chi connectivity index (χ4n) is 3.56. The highest BCUT2D eigenvalue weighted by Crippen LogP contribution is 2.42. The zero-order valence-corrected chi connectivity index (χ0v) is 15.2. The van der Waals surface area contributed by atoms with Crippen molar-refractivity contribution in [2.24, 2.45) is 0 Å². The maximum absolute atomic E-state index is 13.0. The summed E-state index contributed by atoms with van der Waals surface area (Å²) in [7, 11) is 1.58. The van der Waals surface area contributed by atoms with E-state index in [0.717, 1.165) is 16.7 Å². The molecule has 142 valence electrons. The van der Waals surface area contributed by atoms with Gasteiger partial charge in [0.15, 0.2) is 0 Å². The molecule has 4 rings (SSSR count). The van der Waals surface area contributed by atoms with E-state index in [9.17, 15) is 14.9 Å². The van der Waals surface area contributed by atoms with Gasteiger partial charge in [-0.2, -0.15) is 5.10 Å². The second kappa shape index (κ2) is 7.24. The fraction of sp³-hybridized carbons (Fsp3) is 0.200. The van der Waals surface area contributed by atoms with Crippen LogP contribution < -0.4 is 0 Å². The summed E-state index contributed by atoms with van der Waals surface area (Å²) in [5, 5.41) is 18.3. The molecular formula is C20H18N4O4. The van der Waals surface area contributed by atoms with Crippen LogP contribution in [0.25, 0.3) is 11.3 Å². The van der Waals surface area contributed by atoms with Crippen molar-refractivity contribution in [3.63, 3.8) is 0 Å². The Hall–Kier alpha value is -3.52. The number of nitrogens with zero attached hydrogens (tertiary/aromatic N) is 3. The molecule has 2 heterocycles. The van der Waals surface area contributed by atoms with Gasteiger partial charge in [-0.15, -0.1) is 0 Å². The van der Waals surface area contributed by atoms with E-state index in [2.05, 4.69) is 10.2 Å². The van der Waals surface area contributed by atoms with Gasteiger partial charge in [0.1, 0.15) is 5.69 Å². The number of ether oxygens (including phenoxy) is 1. The van der Waals surface area contributed by atoms with E-state index in [1.165, 1.54) is 12.1 Å². The first-order valence-electron chi connectivity index (χ1n) is 8.79. The summed E-state index contributed by atoms with van der Waals surface area (Å²) in [5.74, 6) is -0.162. The summed E-state index contributed by atoms with van der Waals surface area (Å²) in [6.45, 7) is 0.779. The summed E-state index contributed by atoms with van der Waals surface area (Å²) in [6, 6.07) is 15.5. The lowest BCUT2D eigenvalue weighted by molar-refractivity contribution is -0.384. The first-order valence-corrected chi connectivity index (χ1v) is 8.79. The third-order valence-corrected chi connectivity index (χ3v) is 4.87. The molecule has 0 fully saturated rings. The minimum atomic E-state index is -0.440.